The minimum atomic E-state index is -4.63. The second-order valence-electron chi connectivity index (χ2n) is 2.23. The molecular formula is C4H4NO6S. The molecular weight excluding hydrogens is 190 g/mol. The van der Waals surface area contributed by atoms with Crippen LogP contribution in [0.5, 0.6) is 0 Å². The van der Waals surface area contributed by atoms with Crippen LogP contribution < -0.4 is 5.06 Å². The second kappa shape index (κ2) is 2.59. The number of imide groups is 1. The molecule has 1 rings (SSSR count). The zero-order valence-corrected chi connectivity index (χ0v) is 6.44. The van der Waals surface area contributed by atoms with E-state index in [0.717, 1.165) is 0 Å². The Labute approximate surface area is 67.3 Å². The maximum Gasteiger partial charge on any atom is 0.391 e. The minimum Gasteiger partial charge on any atom is -0.566 e. The van der Waals surface area contributed by atoms with Crippen LogP contribution in [0.2, 0.25) is 0 Å². The van der Waals surface area contributed by atoms with E-state index in [1.165, 1.54) is 0 Å². The van der Waals surface area contributed by atoms with Crippen LogP contribution in [0.25, 0.3) is 0 Å². The van der Waals surface area contributed by atoms with Crippen molar-refractivity contribution in [1.82, 2.24) is 5.06 Å². The predicted molar refractivity (Wildman–Crippen MR) is 35.5 cm³/mol. The van der Waals surface area contributed by atoms with Gasteiger partial charge in [-0.15, -0.1) is 0 Å². The molecule has 1 unspecified atom stereocenters. The van der Waals surface area contributed by atoms with Crippen molar-refractivity contribution in [2.24, 2.45) is 0 Å². The van der Waals surface area contributed by atoms with Crippen LogP contribution in [-0.2, 0) is 19.7 Å². The Kier molecular flexibility index (Phi) is 2.00. The summed E-state index contributed by atoms with van der Waals surface area (Å²) in [5.74, 6) is -2.58. The predicted octanol–water partition coefficient (Wildman–Crippen LogP) is -1.66. The van der Waals surface area contributed by atoms with Gasteiger partial charge in [0.25, 0.3) is 10.1 Å². The van der Waals surface area contributed by atoms with Gasteiger partial charge < -0.3 is 5.21 Å². The molecule has 0 aromatic heterocycles. The summed E-state index contributed by atoms with van der Waals surface area (Å²) in [6, 6.07) is 0. The molecule has 1 atom stereocenters. The number of hydroxylamine groups is 2. The molecule has 1 aliphatic heterocycles. The van der Waals surface area contributed by atoms with Gasteiger partial charge in [-0.1, -0.05) is 5.06 Å². The van der Waals surface area contributed by atoms with E-state index in [1.54, 1.807) is 0 Å². The Morgan fingerprint density at radius 2 is 2.00 bits per heavy atom. The van der Waals surface area contributed by atoms with E-state index in [2.05, 4.69) is 0 Å². The van der Waals surface area contributed by atoms with E-state index >= 15 is 0 Å². The van der Waals surface area contributed by atoms with Crippen LogP contribution in [0.3, 0.4) is 0 Å². The maximum atomic E-state index is 10.6. The molecule has 0 aliphatic carbocycles. The summed E-state index contributed by atoms with van der Waals surface area (Å²) in [4.78, 5) is 21.1. The number of hydrogen-bond donors (Lipinski definition) is 1. The van der Waals surface area contributed by atoms with Crippen LogP contribution in [0, 0.1) is 5.21 Å². The lowest BCUT2D eigenvalue weighted by atomic mass is 10.4. The topological polar surface area (TPSA) is 117 Å². The van der Waals surface area contributed by atoms with Crippen molar-refractivity contribution in [2.45, 2.75) is 11.7 Å². The molecule has 1 N–H and O–H groups in total. The van der Waals surface area contributed by atoms with E-state index in [-0.39, 0.29) is 0 Å². The van der Waals surface area contributed by atoms with Crippen LogP contribution in [0.4, 0.5) is 0 Å². The Morgan fingerprint density at radius 1 is 1.50 bits per heavy atom. The Hall–Kier alpha value is -0.830. The number of carbonyl (C=O) groups is 2. The smallest absolute Gasteiger partial charge is 0.391 e. The summed E-state index contributed by atoms with van der Waals surface area (Å²) < 4.78 is 29.1. The Morgan fingerprint density at radius 3 is 2.17 bits per heavy atom. The summed E-state index contributed by atoms with van der Waals surface area (Å²) in [6.45, 7) is 0. The fraction of sp³-hybridized carbons (Fsp3) is 0.500. The van der Waals surface area contributed by atoms with Crippen molar-refractivity contribution in [2.75, 3.05) is 0 Å². The van der Waals surface area contributed by atoms with Gasteiger partial charge in [0.05, 0.1) is 0 Å². The van der Waals surface area contributed by atoms with Crippen molar-refractivity contribution >= 4 is 21.9 Å². The SMILES string of the molecule is O=C1CC(S(=O)(=O)O)C(=O)[N+]1[O-]. The Balaban J connectivity index is 3.01. The number of carbonyl (C=O) groups excluding carboxylic acids is 2. The first kappa shape index (κ1) is 9.26. The number of nitrogens with zero attached hydrogens (tertiary/aromatic N) is 1. The summed E-state index contributed by atoms with van der Waals surface area (Å²) in [6.07, 6.45) is -0.777. The lowest BCUT2D eigenvalue weighted by Crippen LogP contribution is -2.34. The number of amides is 2. The molecule has 12 heavy (non-hydrogen) atoms. The van der Waals surface area contributed by atoms with Gasteiger partial charge in [0.2, 0.25) is 5.25 Å². The molecule has 0 spiro atoms. The molecule has 1 aliphatic rings. The van der Waals surface area contributed by atoms with Gasteiger partial charge in [-0.2, -0.15) is 8.42 Å². The molecule has 0 aromatic rings. The molecule has 0 bridgehead atoms. The molecule has 1 radical (unpaired) electrons. The molecule has 0 saturated carbocycles. The largest absolute Gasteiger partial charge is 0.566 e. The highest BCUT2D eigenvalue weighted by Crippen LogP contribution is 2.15. The fourth-order valence-corrected chi connectivity index (χ4v) is 1.52. The van der Waals surface area contributed by atoms with Crippen LogP contribution >= 0.6 is 0 Å². The molecule has 67 valence electrons. The van der Waals surface area contributed by atoms with Crippen molar-refractivity contribution in [1.29, 1.82) is 0 Å². The third kappa shape index (κ3) is 1.37. The van der Waals surface area contributed by atoms with Crippen LogP contribution in [-0.4, -0.2) is 30.0 Å². The average Bonchev–Trinajstić information content (AvgIpc) is 2.15. The first-order chi connectivity index (χ1) is 5.34. The lowest BCUT2D eigenvalue weighted by molar-refractivity contribution is -0.129. The molecule has 1 saturated heterocycles. The standard InChI is InChI=1S/C4H4NO6S/c6-3-1-2(12(9,10)11)4(7)5(3)8/h2H,1H2,(H,9,10,11). The summed E-state index contributed by atoms with van der Waals surface area (Å²) in [7, 11) is -4.63. The van der Waals surface area contributed by atoms with Crippen molar-refractivity contribution in [3.05, 3.63) is 5.21 Å². The molecule has 2 amide bonds. The second-order valence-corrected chi connectivity index (χ2v) is 3.83. The van der Waals surface area contributed by atoms with Gasteiger partial charge in [0.15, 0.2) is 0 Å². The van der Waals surface area contributed by atoms with Gasteiger partial charge in [0.1, 0.15) is 6.42 Å². The molecule has 8 heteroatoms. The molecule has 7 nitrogen and oxygen atoms in total. The third-order valence-electron chi connectivity index (χ3n) is 1.42. The zero-order valence-electron chi connectivity index (χ0n) is 5.63. The van der Waals surface area contributed by atoms with Gasteiger partial charge in [0, 0.05) is 0 Å². The summed E-state index contributed by atoms with van der Waals surface area (Å²) in [5.41, 5.74) is 0. The van der Waals surface area contributed by atoms with Crippen molar-refractivity contribution in [3.63, 3.8) is 0 Å². The van der Waals surface area contributed by atoms with Gasteiger partial charge >= 0.3 is 11.8 Å². The average molecular weight is 194 g/mol. The highest BCUT2D eigenvalue weighted by Gasteiger charge is 2.51. The van der Waals surface area contributed by atoms with E-state index < -0.39 is 38.7 Å². The first-order valence-electron chi connectivity index (χ1n) is 2.84. The third-order valence-corrected chi connectivity index (χ3v) is 2.51. The number of hydrogen-bond acceptors (Lipinski definition) is 5. The van der Waals surface area contributed by atoms with Gasteiger partial charge in [-0.25, -0.2) is 9.59 Å². The molecule has 0 aromatic carbocycles. The fourth-order valence-electron chi connectivity index (χ4n) is 0.815. The quantitative estimate of drug-likeness (QED) is 0.231. The van der Waals surface area contributed by atoms with Crippen LogP contribution in [0.15, 0.2) is 0 Å². The lowest BCUT2D eigenvalue weighted by Gasteiger charge is -1.99. The van der Waals surface area contributed by atoms with Gasteiger partial charge in [-0.05, 0) is 0 Å². The summed E-state index contributed by atoms with van der Waals surface area (Å²) in [5, 5.41) is 7.93. The van der Waals surface area contributed by atoms with E-state index in [9.17, 15) is 23.2 Å². The maximum absolute atomic E-state index is 10.6. The zero-order chi connectivity index (χ0) is 9.52. The molecule has 1 fully saturated rings. The van der Waals surface area contributed by atoms with E-state index in [1.807, 2.05) is 0 Å². The number of rotatable bonds is 1. The monoisotopic (exact) mass is 194 g/mol. The highest BCUT2D eigenvalue weighted by molar-refractivity contribution is 7.87. The summed E-state index contributed by atoms with van der Waals surface area (Å²) >= 11 is 0. The van der Waals surface area contributed by atoms with Crippen molar-refractivity contribution in [3.8, 4) is 0 Å². The van der Waals surface area contributed by atoms with Crippen LogP contribution in [0.1, 0.15) is 6.42 Å². The Bertz CT molecular complexity index is 331. The normalized spacial score (nSPS) is 26.7. The minimum absolute atomic E-state index is 0.557. The van der Waals surface area contributed by atoms with E-state index in [4.69, 9.17) is 4.55 Å². The van der Waals surface area contributed by atoms with E-state index in [0.29, 0.717) is 0 Å². The molecule has 1 heterocycles. The highest BCUT2D eigenvalue weighted by atomic mass is 32.2. The first-order valence-corrected chi connectivity index (χ1v) is 4.34. The van der Waals surface area contributed by atoms with Crippen molar-refractivity contribution < 1.29 is 22.6 Å². The van der Waals surface area contributed by atoms with Gasteiger partial charge in [-0.3, -0.25) is 4.55 Å².